The highest BCUT2D eigenvalue weighted by Crippen LogP contribution is 2.19. The average Bonchev–Trinajstić information content (AvgIpc) is 2.93. The van der Waals surface area contributed by atoms with E-state index in [2.05, 4.69) is 10.2 Å². The standard InChI is InChI=1S/C15H19FN4O2/c1-3-9-19(10-4-2)14-13(15(21)22)17-20(18-14)12-7-5-11(16)6-8-12/h5-8H,3-4,9-10H2,1-2H3,(H,21,22). The number of hydrogen-bond donors (Lipinski definition) is 1. The summed E-state index contributed by atoms with van der Waals surface area (Å²) in [5, 5.41) is 17.7. The number of hydrogen-bond acceptors (Lipinski definition) is 4. The number of carbonyl (C=O) groups is 1. The minimum atomic E-state index is -1.12. The van der Waals surface area contributed by atoms with Gasteiger partial charge in [-0.25, -0.2) is 9.18 Å². The highest BCUT2D eigenvalue weighted by atomic mass is 19.1. The molecule has 118 valence electrons. The fourth-order valence-corrected chi connectivity index (χ4v) is 2.20. The number of aromatic nitrogens is 3. The van der Waals surface area contributed by atoms with Gasteiger partial charge < -0.3 is 10.0 Å². The van der Waals surface area contributed by atoms with Crippen LogP contribution in [0.15, 0.2) is 24.3 Å². The Balaban J connectivity index is 2.44. The van der Waals surface area contributed by atoms with E-state index >= 15 is 0 Å². The van der Waals surface area contributed by atoms with Crippen molar-refractivity contribution in [2.45, 2.75) is 26.7 Å². The van der Waals surface area contributed by atoms with Crippen molar-refractivity contribution in [1.82, 2.24) is 15.0 Å². The van der Waals surface area contributed by atoms with Crippen molar-refractivity contribution in [3.05, 3.63) is 35.8 Å². The quantitative estimate of drug-likeness (QED) is 0.851. The molecule has 22 heavy (non-hydrogen) atoms. The van der Waals surface area contributed by atoms with Gasteiger partial charge in [0.15, 0.2) is 5.82 Å². The van der Waals surface area contributed by atoms with Crippen LogP contribution in [0.4, 0.5) is 10.2 Å². The third kappa shape index (κ3) is 3.41. The Morgan fingerprint density at radius 2 is 1.77 bits per heavy atom. The second-order valence-corrected chi connectivity index (χ2v) is 4.93. The van der Waals surface area contributed by atoms with Crippen LogP contribution in [-0.2, 0) is 0 Å². The Labute approximate surface area is 128 Å². The summed E-state index contributed by atoms with van der Waals surface area (Å²) in [4.78, 5) is 14.6. The lowest BCUT2D eigenvalue weighted by Gasteiger charge is -2.20. The fourth-order valence-electron chi connectivity index (χ4n) is 2.20. The molecule has 0 amide bonds. The molecule has 0 atom stereocenters. The molecule has 1 heterocycles. The molecule has 0 saturated heterocycles. The zero-order valence-corrected chi connectivity index (χ0v) is 12.7. The molecule has 0 fully saturated rings. The maximum absolute atomic E-state index is 13.0. The first-order valence-electron chi connectivity index (χ1n) is 7.28. The molecular weight excluding hydrogens is 287 g/mol. The predicted molar refractivity (Wildman–Crippen MR) is 81.1 cm³/mol. The van der Waals surface area contributed by atoms with Crippen molar-refractivity contribution in [1.29, 1.82) is 0 Å². The van der Waals surface area contributed by atoms with E-state index in [1.54, 1.807) is 0 Å². The van der Waals surface area contributed by atoms with Gasteiger partial charge >= 0.3 is 5.97 Å². The molecule has 2 aromatic rings. The van der Waals surface area contributed by atoms with Crippen LogP contribution in [-0.4, -0.2) is 39.2 Å². The third-order valence-corrected chi connectivity index (χ3v) is 3.14. The fraction of sp³-hybridized carbons (Fsp3) is 0.400. The van der Waals surface area contributed by atoms with Crippen molar-refractivity contribution >= 4 is 11.8 Å². The molecule has 6 nitrogen and oxygen atoms in total. The molecule has 0 aliphatic carbocycles. The highest BCUT2D eigenvalue weighted by molar-refractivity contribution is 5.91. The van der Waals surface area contributed by atoms with Crippen LogP contribution in [0.5, 0.6) is 0 Å². The molecule has 2 rings (SSSR count). The molecule has 7 heteroatoms. The first-order valence-corrected chi connectivity index (χ1v) is 7.28. The van der Waals surface area contributed by atoms with Gasteiger partial charge in [-0.3, -0.25) is 0 Å². The van der Waals surface area contributed by atoms with E-state index in [0.29, 0.717) is 24.6 Å². The molecule has 1 aromatic heterocycles. The highest BCUT2D eigenvalue weighted by Gasteiger charge is 2.22. The molecule has 1 aromatic carbocycles. The van der Waals surface area contributed by atoms with Gasteiger partial charge in [0.05, 0.1) is 5.69 Å². The monoisotopic (exact) mass is 306 g/mol. The van der Waals surface area contributed by atoms with Crippen LogP contribution in [0.3, 0.4) is 0 Å². The van der Waals surface area contributed by atoms with Gasteiger partial charge in [0.2, 0.25) is 5.69 Å². The number of nitrogens with zero attached hydrogens (tertiary/aromatic N) is 4. The summed E-state index contributed by atoms with van der Waals surface area (Å²) in [6.45, 7) is 5.45. The Bertz CT molecular complexity index is 633. The van der Waals surface area contributed by atoms with Gasteiger partial charge in [0.25, 0.3) is 0 Å². The molecule has 0 aliphatic rings. The largest absolute Gasteiger partial charge is 0.476 e. The molecule has 0 spiro atoms. The van der Waals surface area contributed by atoms with E-state index < -0.39 is 5.97 Å². The number of halogens is 1. The molecule has 0 unspecified atom stereocenters. The van der Waals surface area contributed by atoms with Gasteiger partial charge in [-0.1, -0.05) is 13.8 Å². The van der Waals surface area contributed by atoms with E-state index in [0.717, 1.165) is 12.8 Å². The van der Waals surface area contributed by atoms with Crippen LogP contribution >= 0.6 is 0 Å². The average molecular weight is 306 g/mol. The number of rotatable bonds is 7. The van der Waals surface area contributed by atoms with Crippen LogP contribution in [0.1, 0.15) is 37.2 Å². The molecule has 1 N–H and O–H groups in total. The van der Waals surface area contributed by atoms with Gasteiger partial charge in [0.1, 0.15) is 5.82 Å². The molecule has 0 radical (unpaired) electrons. The lowest BCUT2D eigenvalue weighted by molar-refractivity contribution is 0.0690. The smallest absolute Gasteiger partial charge is 0.360 e. The maximum Gasteiger partial charge on any atom is 0.360 e. The van der Waals surface area contributed by atoms with Crippen molar-refractivity contribution in [2.75, 3.05) is 18.0 Å². The first-order chi connectivity index (χ1) is 10.6. The second kappa shape index (κ2) is 7.02. The minimum absolute atomic E-state index is 0.0915. The van der Waals surface area contributed by atoms with Gasteiger partial charge in [-0.2, -0.15) is 0 Å². The lowest BCUT2D eigenvalue weighted by atomic mass is 10.3. The summed E-state index contributed by atoms with van der Waals surface area (Å²) in [5.74, 6) is -1.14. The number of anilines is 1. The topological polar surface area (TPSA) is 71.2 Å². The van der Waals surface area contributed by atoms with Crippen molar-refractivity contribution in [3.63, 3.8) is 0 Å². The second-order valence-electron chi connectivity index (χ2n) is 4.93. The number of benzene rings is 1. The predicted octanol–water partition coefficient (Wildman–Crippen LogP) is 2.73. The zero-order chi connectivity index (χ0) is 16.1. The van der Waals surface area contributed by atoms with Crippen LogP contribution in [0.2, 0.25) is 0 Å². The van der Waals surface area contributed by atoms with Crippen LogP contribution in [0.25, 0.3) is 5.69 Å². The van der Waals surface area contributed by atoms with Crippen molar-refractivity contribution in [2.24, 2.45) is 0 Å². The van der Waals surface area contributed by atoms with E-state index in [1.807, 2.05) is 18.7 Å². The van der Waals surface area contributed by atoms with Gasteiger partial charge in [-0.15, -0.1) is 15.0 Å². The Hall–Kier alpha value is -2.44. The maximum atomic E-state index is 13.0. The summed E-state index contributed by atoms with van der Waals surface area (Å²) < 4.78 is 13.0. The van der Waals surface area contributed by atoms with Gasteiger partial charge in [0, 0.05) is 13.1 Å². The number of aromatic carboxylic acids is 1. The van der Waals surface area contributed by atoms with Crippen LogP contribution < -0.4 is 4.90 Å². The number of carboxylic acid groups (broad SMARTS) is 1. The normalized spacial score (nSPS) is 10.7. The Kier molecular flexibility index (Phi) is 5.08. The lowest BCUT2D eigenvalue weighted by Crippen LogP contribution is -2.27. The Morgan fingerprint density at radius 3 is 2.27 bits per heavy atom. The van der Waals surface area contributed by atoms with E-state index in [4.69, 9.17) is 0 Å². The molecule has 0 saturated carbocycles. The summed E-state index contributed by atoms with van der Waals surface area (Å²) in [6.07, 6.45) is 1.75. The van der Waals surface area contributed by atoms with Crippen molar-refractivity contribution < 1.29 is 14.3 Å². The van der Waals surface area contributed by atoms with Crippen LogP contribution in [0, 0.1) is 5.82 Å². The summed E-state index contributed by atoms with van der Waals surface area (Å²) in [6, 6.07) is 5.59. The molecule has 0 aliphatic heterocycles. The summed E-state index contributed by atoms with van der Waals surface area (Å²) in [5.41, 5.74) is 0.425. The molecular formula is C15H19FN4O2. The van der Waals surface area contributed by atoms with E-state index in [9.17, 15) is 14.3 Å². The third-order valence-electron chi connectivity index (χ3n) is 3.14. The van der Waals surface area contributed by atoms with E-state index in [-0.39, 0.29) is 11.5 Å². The minimum Gasteiger partial charge on any atom is -0.476 e. The molecule has 0 bridgehead atoms. The van der Waals surface area contributed by atoms with E-state index in [1.165, 1.54) is 29.1 Å². The van der Waals surface area contributed by atoms with Gasteiger partial charge in [-0.05, 0) is 37.1 Å². The Morgan fingerprint density at radius 1 is 1.18 bits per heavy atom. The SMILES string of the molecule is CCCN(CCC)c1nn(-c2ccc(F)cc2)nc1C(=O)O. The first kappa shape index (κ1) is 15.9. The summed E-state index contributed by atoms with van der Waals surface area (Å²) >= 11 is 0. The zero-order valence-electron chi connectivity index (χ0n) is 12.7. The van der Waals surface area contributed by atoms with Crippen molar-refractivity contribution in [3.8, 4) is 5.69 Å². The number of carboxylic acids is 1. The summed E-state index contributed by atoms with van der Waals surface area (Å²) in [7, 11) is 0.